The van der Waals surface area contributed by atoms with E-state index in [-0.39, 0.29) is 17.4 Å². The zero-order valence-electron chi connectivity index (χ0n) is 16.1. The minimum atomic E-state index is -2.42. The Balaban J connectivity index is 2.22. The van der Waals surface area contributed by atoms with Crippen LogP contribution in [-0.4, -0.2) is 54.2 Å². The highest BCUT2D eigenvalue weighted by Crippen LogP contribution is 2.64. The summed E-state index contributed by atoms with van der Waals surface area (Å²) < 4.78 is 6.72. The second-order valence-corrected chi connectivity index (χ2v) is 14.7. The number of nitrogens with one attached hydrogen (secondary N) is 1. The van der Waals surface area contributed by atoms with Gasteiger partial charge in [-0.15, -0.1) is 0 Å². The molecule has 8 heteroatoms. The predicted octanol–water partition coefficient (Wildman–Crippen LogP) is 1.64. The number of hydrogen-bond acceptors (Lipinski definition) is 6. The fourth-order valence-electron chi connectivity index (χ4n) is 4.32. The monoisotopic (exact) mass is 397 g/mol. The molecule has 0 aromatic carbocycles. The van der Waals surface area contributed by atoms with Gasteiger partial charge in [-0.3, -0.25) is 19.7 Å². The molecule has 1 aliphatic heterocycles. The van der Waals surface area contributed by atoms with Gasteiger partial charge < -0.3 is 9.53 Å². The van der Waals surface area contributed by atoms with Crippen LogP contribution in [-0.2, 0) is 18.8 Å². The number of ketones is 1. The van der Waals surface area contributed by atoms with E-state index < -0.39 is 42.5 Å². The van der Waals surface area contributed by atoms with E-state index in [2.05, 4.69) is 39.2 Å². The number of carbonyl (C=O) groups excluding carboxylic acids is 3. The van der Waals surface area contributed by atoms with Gasteiger partial charge in [0.15, 0.2) is 25.1 Å². The van der Waals surface area contributed by atoms with Gasteiger partial charge in [-0.05, 0) is 36.9 Å². The van der Waals surface area contributed by atoms with E-state index in [9.17, 15) is 19.5 Å². The van der Waals surface area contributed by atoms with Gasteiger partial charge in [0.05, 0.1) is 0 Å². The lowest BCUT2D eigenvalue weighted by molar-refractivity contribution is -0.198. The largest absolute Gasteiger partial charge is 0.406 e. The summed E-state index contributed by atoms with van der Waals surface area (Å²) in [7, 11) is -2.42. The first-order valence-electron chi connectivity index (χ1n) is 8.80. The first-order valence-corrected chi connectivity index (χ1v) is 13.1. The van der Waals surface area contributed by atoms with Crippen LogP contribution in [0.1, 0.15) is 27.2 Å². The quantitative estimate of drug-likeness (QED) is 0.426. The Kier molecular flexibility index (Phi) is 4.21. The van der Waals surface area contributed by atoms with Gasteiger partial charge in [-0.1, -0.05) is 26.8 Å². The zero-order valence-corrected chi connectivity index (χ0v) is 18.0. The summed E-state index contributed by atoms with van der Waals surface area (Å²) in [6.45, 7) is 10.3. The second-order valence-electron chi connectivity index (χ2n) is 9.12. The number of rotatable bonds is 4. The molecule has 3 aliphatic rings. The minimum absolute atomic E-state index is 0.103. The molecule has 0 unspecified atom stereocenters. The van der Waals surface area contributed by atoms with Crippen LogP contribution in [0, 0.1) is 11.3 Å². The van der Waals surface area contributed by atoms with E-state index in [1.165, 1.54) is 17.8 Å². The first-order chi connectivity index (χ1) is 11.8. The minimum Gasteiger partial charge on any atom is -0.406 e. The lowest BCUT2D eigenvalue weighted by Crippen LogP contribution is -2.80. The van der Waals surface area contributed by atoms with Crippen LogP contribution in [0.25, 0.3) is 0 Å². The Morgan fingerprint density at radius 1 is 1.31 bits per heavy atom. The average Bonchev–Trinajstić information content (AvgIpc) is 2.63. The summed E-state index contributed by atoms with van der Waals surface area (Å²) in [5.41, 5.74) is -5.19. The standard InChI is InChI=1S/C18H27NO5SSi/c1-15(2,3)26(5,6)24-17(10-25-4)11-7-8-12(20)18(17,23)16(9-11)13(21)19-14(16)22/h7-8,11,23H,9-10H2,1-6H3,(H,19,21,22)/t11-,17+,18-/m1/s1. The molecular weight excluding hydrogens is 370 g/mol. The van der Waals surface area contributed by atoms with Crippen LogP contribution >= 0.6 is 11.8 Å². The van der Waals surface area contributed by atoms with Crippen molar-refractivity contribution in [2.75, 3.05) is 12.0 Å². The average molecular weight is 398 g/mol. The lowest BCUT2D eigenvalue weighted by Gasteiger charge is -2.55. The Bertz CT molecular complexity index is 714. The molecule has 144 valence electrons. The fourth-order valence-corrected chi connectivity index (χ4v) is 6.93. The van der Waals surface area contributed by atoms with Crippen molar-refractivity contribution >= 4 is 37.7 Å². The number of amides is 2. The number of fused-ring (bicyclic) bond motifs is 3. The molecule has 0 radical (unpaired) electrons. The number of imide groups is 1. The van der Waals surface area contributed by atoms with Crippen molar-refractivity contribution in [2.24, 2.45) is 11.3 Å². The normalized spacial score (nSPS) is 35.7. The molecule has 0 aromatic rings. The molecule has 6 nitrogen and oxygen atoms in total. The molecule has 1 saturated heterocycles. The number of β-lactam (4-membered cyclic amide) rings is 2. The van der Waals surface area contributed by atoms with Gasteiger partial charge in [-0.25, -0.2) is 0 Å². The smallest absolute Gasteiger partial charge is 0.245 e. The molecule has 2 amide bonds. The Labute approximate surface area is 159 Å². The van der Waals surface area contributed by atoms with Crippen molar-refractivity contribution in [3.05, 3.63) is 12.2 Å². The molecule has 2 N–H and O–H groups in total. The van der Waals surface area contributed by atoms with Crippen molar-refractivity contribution in [1.29, 1.82) is 0 Å². The molecule has 1 spiro atoms. The van der Waals surface area contributed by atoms with E-state index in [1.54, 1.807) is 6.08 Å². The van der Waals surface area contributed by atoms with Gasteiger partial charge in [0, 0.05) is 11.7 Å². The highest BCUT2D eigenvalue weighted by Gasteiger charge is 2.84. The Morgan fingerprint density at radius 2 is 1.88 bits per heavy atom. The van der Waals surface area contributed by atoms with Crippen LogP contribution in [0.2, 0.25) is 18.1 Å². The molecule has 3 atom stereocenters. The topological polar surface area (TPSA) is 92.7 Å². The van der Waals surface area contributed by atoms with Crippen LogP contribution in [0.3, 0.4) is 0 Å². The zero-order chi connectivity index (χ0) is 19.8. The summed E-state index contributed by atoms with van der Waals surface area (Å²) >= 11 is 1.45. The summed E-state index contributed by atoms with van der Waals surface area (Å²) in [5.74, 6) is -1.80. The lowest BCUT2D eigenvalue weighted by atomic mass is 9.62. The molecule has 2 aliphatic carbocycles. The molecule has 1 saturated carbocycles. The van der Waals surface area contributed by atoms with Gasteiger partial charge in [0.25, 0.3) is 0 Å². The van der Waals surface area contributed by atoms with Gasteiger partial charge in [0.2, 0.25) is 11.8 Å². The maximum atomic E-state index is 13.0. The van der Waals surface area contributed by atoms with Gasteiger partial charge in [0.1, 0.15) is 5.60 Å². The summed E-state index contributed by atoms with van der Waals surface area (Å²) in [6, 6.07) is 0. The van der Waals surface area contributed by atoms with Crippen LogP contribution < -0.4 is 5.32 Å². The molecular formula is C18H27NO5SSi. The van der Waals surface area contributed by atoms with Crippen molar-refractivity contribution in [2.45, 2.75) is 56.5 Å². The van der Waals surface area contributed by atoms with Crippen molar-refractivity contribution in [3.8, 4) is 0 Å². The SMILES string of the molecule is CSC[C@]1(O[Si](C)(C)C(C)(C)C)[C@@H]2C=CC(=O)[C@@]1(O)C1(C2)C(=O)NC1=O. The first kappa shape index (κ1) is 19.8. The van der Waals surface area contributed by atoms with E-state index in [0.29, 0.717) is 5.75 Å². The van der Waals surface area contributed by atoms with E-state index in [0.717, 1.165) is 0 Å². The molecule has 26 heavy (non-hydrogen) atoms. The van der Waals surface area contributed by atoms with Gasteiger partial charge >= 0.3 is 0 Å². The third-order valence-electron chi connectivity index (χ3n) is 6.80. The molecule has 3 rings (SSSR count). The number of carbonyl (C=O) groups is 3. The maximum Gasteiger partial charge on any atom is 0.245 e. The molecule has 2 bridgehead atoms. The summed E-state index contributed by atoms with van der Waals surface area (Å²) in [6.07, 6.45) is 5.00. The number of hydrogen-bond donors (Lipinski definition) is 2. The van der Waals surface area contributed by atoms with Crippen LogP contribution in [0.15, 0.2) is 12.2 Å². The molecule has 1 heterocycles. The van der Waals surface area contributed by atoms with Crippen LogP contribution in [0.4, 0.5) is 0 Å². The Morgan fingerprint density at radius 3 is 2.35 bits per heavy atom. The van der Waals surface area contributed by atoms with Gasteiger partial charge in [-0.2, -0.15) is 11.8 Å². The fraction of sp³-hybridized carbons (Fsp3) is 0.722. The van der Waals surface area contributed by atoms with E-state index in [4.69, 9.17) is 4.43 Å². The Hall–Kier alpha value is -0.963. The summed E-state index contributed by atoms with van der Waals surface area (Å²) in [4.78, 5) is 37.9. The number of aliphatic hydroxyl groups is 1. The summed E-state index contributed by atoms with van der Waals surface area (Å²) in [5, 5.41) is 13.8. The maximum absolute atomic E-state index is 13.0. The van der Waals surface area contributed by atoms with Crippen LogP contribution in [0.5, 0.6) is 0 Å². The predicted molar refractivity (Wildman–Crippen MR) is 102 cm³/mol. The second kappa shape index (κ2) is 5.53. The molecule has 0 aromatic heterocycles. The van der Waals surface area contributed by atoms with Crippen molar-refractivity contribution in [1.82, 2.24) is 5.32 Å². The third kappa shape index (κ3) is 2.04. The van der Waals surface area contributed by atoms with E-state index >= 15 is 0 Å². The third-order valence-corrected chi connectivity index (χ3v) is 12.0. The van der Waals surface area contributed by atoms with Crippen molar-refractivity contribution in [3.63, 3.8) is 0 Å². The van der Waals surface area contributed by atoms with Crippen molar-refractivity contribution < 1.29 is 23.9 Å². The molecule has 2 fully saturated rings. The van der Waals surface area contributed by atoms with E-state index in [1.807, 2.05) is 6.26 Å². The number of thioether (sulfide) groups is 1. The highest BCUT2D eigenvalue weighted by atomic mass is 32.2. The highest BCUT2D eigenvalue weighted by molar-refractivity contribution is 7.98.